The summed E-state index contributed by atoms with van der Waals surface area (Å²) in [5.74, 6) is -1.62. The lowest BCUT2D eigenvalue weighted by Gasteiger charge is -1.99. The second kappa shape index (κ2) is 7.16. The van der Waals surface area contributed by atoms with Crippen LogP contribution in [0.2, 0.25) is 0 Å². The van der Waals surface area contributed by atoms with Crippen LogP contribution >= 0.6 is 0 Å². The van der Waals surface area contributed by atoms with E-state index in [4.69, 9.17) is 0 Å². The van der Waals surface area contributed by atoms with Crippen LogP contribution < -0.4 is 0 Å². The summed E-state index contributed by atoms with van der Waals surface area (Å²) in [6, 6.07) is 5.68. The minimum atomic E-state index is -0.809. The molecule has 1 rings (SSSR count). The van der Waals surface area contributed by atoms with Crippen molar-refractivity contribution in [1.29, 1.82) is 0 Å². The van der Waals surface area contributed by atoms with Crippen LogP contribution in [0.1, 0.15) is 20.7 Å². The van der Waals surface area contributed by atoms with Gasteiger partial charge in [-0.15, -0.1) is 0 Å². The minimum absolute atomic E-state index is 0. The first-order valence-corrected chi connectivity index (χ1v) is 3.78. The van der Waals surface area contributed by atoms with Crippen molar-refractivity contribution in [2.75, 3.05) is 0 Å². The van der Waals surface area contributed by atoms with E-state index >= 15 is 0 Å². The normalized spacial score (nSPS) is 8.00. The maximum atomic E-state index is 11.0. The molecule has 1 aromatic carbocycles. The van der Waals surface area contributed by atoms with Crippen LogP contribution in [-0.4, -0.2) is 35.1 Å². The van der Waals surface area contributed by atoms with Crippen molar-refractivity contribution in [3.63, 3.8) is 0 Å². The van der Waals surface area contributed by atoms with Gasteiger partial charge in [-0.1, -0.05) is 24.3 Å². The first-order valence-electron chi connectivity index (χ1n) is 3.78. The maximum absolute atomic E-state index is 11.0. The molecular weight excluding hydrogens is 216 g/mol. The van der Waals surface area contributed by atoms with Gasteiger partial charge in [-0.25, -0.2) is 0 Å². The van der Waals surface area contributed by atoms with Gasteiger partial charge in [0.15, 0.2) is 12.6 Å². The zero-order valence-corrected chi connectivity index (χ0v) is 8.10. The number of benzene rings is 1. The molecule has 0 saturated heterocycles. The van der Waals surface area contributed by atoms with Gasteiger partial charge in [-0.3, -0.25) is 19.2 Å². The average Bonchev–Trinajstić information content (AvgIpc) is 2.27. The van der Waals surface area contributed by atoms with E-state index in [1.807, 2.05) is 0 Å². The highest BCUT2D eigenvalue weighted by atomic mass is 16.2. The largest absolute Gasteiger partial charge is 0.412 e. The van der Waals surface area contributed by atoms with Crippen LogP contribution in [0.25, 0.3) is 0 Å². The van der Waals surface area contributed by atoms with E-state index < -0.39 is 11.6 Å². The molecule has 0 atom stereocenters. The number of hydrogen-bond donors (Lipinski definition) is 0. The molecular formula is C10H10O6. The molecule has 0 heterocycles. The summed E-state index contributed by atoms with van der Waals surface area (Å²) in [5, 5.41) is 0. The van der Waals surface area contributed by atoms with Gasteiger partial charge >= 0.3 is 0 Å². The number of carbonyl (C=O) groups is 4. The Kier molecular flexibility index (Phi) is 7.27. The molecule has 6 nitrogen and oxygen atoms in total. The van der Waals surface area contributed by atoms with Gasteiger partial charge in [-0.05, 0) is 0 Å². The van der Waals surface area contributed by atoms with Crippen LogP contribution in [0.4, 0.5) is 0 Å². The Morgan fingerprint density at radius 2 is 1.12 bits per heavy atom. The monoisotopic (exact) mass is 226 g/mol. The third-order valence-electron chi connectivity index (χ3n) is 1.67. The highest BCUT2D eigenvalue weighted by Crippen LogP contribution is 2.08. The van der Waals surface area contributed by atoms with Gasteiger partial charge in [0.2, 0.25) is 11.6 Å². The number of hydrogen-bond acceptors (Lipinski definition) is 4. The number of aldehydes is 2. The Bertz CT molecular complexity index is 371. The third-order valence-corrected chi connectivity index (χ3v) is 1.67. The molecule has 6 heteroatoms. The smallest absolute Gasteiger partial charge is 0.226 e. The van der Waals surface area contributed by atoms with Gasteiger partial charge in [0.05, 0.1) is 0 Å². The Morgan fingerprint density at radius 3 is 1.38 bits per heavy atom. The topological polar surface area (TPSA) is 131 Å². The predicted octanol–water partition coefficient (Wildman–Crippen LogP) is -1.20. The highest BCUT2D eigenvalue weighted by Gasteiger charge is 2.14. The zero-order chi connectivity index (χ0) is 10.6. The summed E-state index contributed by atoms with van der Waals surface area (Å²) in [7, 11) is 0. The van der Waals surface area contributed by atoms with E-state index in [9.17, 15) is 19.2 Å². The lowest BCUT2D eigenvalue weighted by molar-refractivity contribution is -0.105. The molecule has 86 valence electrons. The zero-order valence-electron chi connectivity index (χ0n) is 8.10. The SMILES string of the molecule is O.O.O=CC(=O)c1ccccc1C(=O)C=O. The maximum Gasteiger partial charge on any atom is 0.226 e. The summed E-state index contributed by atoms with van der Waals surface area (Å²) in [6.07, 6.45) is 0.216. The molecule has 0 aliphatic rings. The van der Waals surface area contributed by atoms with Crippen LogP contribution in [0.5, 0.6) is 0 Å². The van der Waals surface area contributed by atoms with E-state index in [2.05, 4.69) is 0 Å². The van der Waals surface area contributed by atoms with Gasteiger partial charge < -0.3 is 11.0 Å². The summed E-state index contributed by atoms with van der Waals surface area (Å²) in [4.78, 5) is 42.5. The number of ketones is 2. The van der Waals surface area contributed by atoms with Gasteiger partial charge in [-0.2, -0.15) is 0 Å². The van der Waals surface area contributed by atoms with E-state index in [1.54, 1.807) is 0 Å². The number of Topliss-reactive ketones (excluding diaryl/α,β-unsaturated/α-hetero) is 2. The Labute approximate surface area is 90.5 Å². The molecule has 0 saturated carbocycles. The number of rotatable bonds is 4. The van der Waals surface area contributed by atoms with Crippen molar-refractivity contribution in [2.24, 2.45) is 0 Å². The molecule has 0 radical (unpaired) electrons. The third kappa shape index (κ3) is 3.19. The fraction of sp³-hybridized carbons (Fsp3) is 0. The first-order chi connectivity index (χ1) is 6.70. The van der Waals surface area contributed by atoms with E-state index in [0.29, 0.717) is 0 Å². The molecule has 4 N–H and O–H groups in total. The molecule has 1 aromatic rings. The van der Waals surface area contributed by atoms with Gasteiger partial charge in [0.1, 0.15) is 0 Å². The van der Waals surface area contributed by atoms with Crippen LogP contribution in [0, 0.1) is 0 Å². The second-order valence-corrected chi connectivity index (χ2v) is 2.51. The van der Waals surface area contributed by atoms with Crippen molar-refractivity contribution in [1.82, 2.24) is 0 Å². The van der Waals surface area contributed by atoms with Gasteiger partial charge in [0.25, 0.3) is 0 Å². The van der Waals surface area contributed by atoms with Crippen LogP contribution in [0.15, 0.2) is 24.3 Å². The van der Waals surface area contributed by atoms with Crippen molar-refractivity contribution < 1.29 is 30.1 Å². The lowest BCUT2D eigenvalue weighted by Crippen LogP contribution is -2.10. The minimum Gasteiger partial charge on any atom is -0.412 e. The van der Waals surface area contributed by atoms with Crippen LogP contribution in [0.3, 0.4) is 0 Å². The predicted molar refractivity (Wildman–Crippen MR) is 54.5 cm³/mol. The van der Waals surface area contributed by atoms with Crippen molar-refractivity contribution >= 4 is 24.1 Å². The molecule has 0 amide bonds. The fourth-order valence-electron chi connectivity index (χ4n) is 1.04. The Morgan fingerprint density at radius 1 is 0.812 bits per heavy atom. The van der Waals surface area contributed by atoms with E-state index in [-0.39, 0.29) is 34.7 Å². The standard InChI is InChI=1S/C10H6O4.2H2O/c11-5-9(13)7-3-1-2-4-8(7)10(14)6-12;;/h1-6H;2*1H2. The van der Waals surface area contributed by atoms with E-state index in [0.717, 1.165) is 0 Å². The molecule has 0 fully saturated rings. The van der Waals surface area contributed by atoms with Crippen molar-refractivity contribution in [2.45, 2.75) is 0 Å². The summed E-state index contributed by atoms with van der Waals surface area (Å²) < 4.78 is 0. The molecule has 0 bridgehead atoms. The molecule has 0 unspecified atom stereocenters. The fourth-order valence-corrected chi connectivity index (χ4v) is 1.04. The molecule has 0 aliphatic heterocycles. The molecule has 16 heavy (non-hydrogen) atoms. The van der Waals surface area contributed by atoms with E-state index in [1.165, 1.54) is 24.3 Å². The molecule has 0 spiro atoms. The van der Waals surface area contributed by atoms with Crippen molar-refractivity contribution in [3.05, 3.63) is 35.4 Å². The highest BCUT2D eigenvalue weighted by molar-refractivity contribution is 6.40. The first kappa shape index (κ1) is 16.3. The Hall–Kier alpha value is -2.18. The lowest BCUT2D eigenvalue weighted by atomic mass is 10.0. The summed E-state index contributed by atoms with van der Waals surface area (Å²) in [6.45, 7) is 0. The van der Waals surface area contributed by atoms with Gasteiger partial charge in [0, 0.05) is 11.1 Å². The molecule has 0 aromatic heterocycles. The summed E-state index contributed by atoms with van der Waals surface area (Å²) >= 11 is 0. The van der Waals surface area contributed by atoms with Crippen LogP contribution in [-0.2, 0) is 9.59 Å². The second-order valence-electron chi connectivity index (χ2n) is 2.51. The number of carbonyl (C=O) groups excluding carboxylic acids is 4. The average molecular weight is 226 g/mol. The molecule has 0 aliphatic carbocycles. The Balaban J connectivity index is 0. The summed E-state index contributed by atoms with van der Waals surface area (Å²) in [5.41, 5.74) is -0.0841. The van der Waals surface area contributed by atoms with Crippen molar-refractivity contribution in [3.8, 4) is 0 Å². The quantitative estimate of drug-likeness (QED) is 0.362.